The molecular weight excluding hydrogens is 236 g/mol. The number of hydrogen-bond donors (Lipinski definition) is 0. The number of ketones is 1. The predicted octanol–water partition coefficient (Wildman–Crippen LogP) is 3.35. The van der Waals surface area contributed by atoms with Crippen molar-refractivity contribution < 1.29 is 4.79 Å². The van der Waals surface area contributed by atoms with Gasteiger partial charge in [-0.15, -0.1) is 0 Å². The molecule has 1 heterocycles. The standard InChI is InChI=1S/C13H13ClN2O/c1-8-13(14)9(2)16(15-8)12-6-4-11(5-7-12)10(3)17/h4-7H,1-3H3. The maximum Gasteiger partial charge on any atom is 0.159 e. The highest BCUT2D eigenvalue weighted by atomic mass is 35.5. The van der Waals surface area contributed by atoms with Gasteiger partial charge in [-0.05, 0) is 45.0 Å². The molecule has 0 radical (unpaired) electrons. The van der Waals surface area contributed by atoms with Crippen LogP contribution in [0.25, 0.3) is 5.69 Å². The van der Waals surface area contributed by atoms with Crippen LogP contribution in [0.4, 0.5) is 0 Å². The molecule has 88 valence electrons. The lowest BCUT2D eigenvalue weighted by molar-refractivity contribution is 0.101. The molecule has 3 nitrogen and oxygen atoms in total. The fourth-order valence-corrected chi connectivity index (χ4v) is 1.83. The number of aryl methyl sites for hydroxylation is 1. The number of hydrogen-bond acceptors (Lipinski definition) is 2. The van der Waals surface area contributed by atoms with Crippen LogP contribution < -0.4 is 0 Å². The van der Waals surface area contributed by atoms with Gasteiger partial charge in [-0.3, -0.25) is 4.79 Å². The normalized spacial score (nSPS) is 10.6. The van der Waals surface area contributed by atoms with Gasteiger partial charge in [0.05, 0.1) is 22.1 Å². The molecule has 2 aromatic rings. The average molecular weight is 249 g/mol. The Bertz CT molecular complexity index is 570. The molecule has 0 atom stereocenters. The van der Waals surface area contributed by atoms with Crippen LogP contribution in [0.2, 0.25) is 5.02 Å². The zero-order valence-corrected chi connectivity index (χ0v) is 10.7. The third-order valence-corrected chi connectivity index (χ3v) is 3.27. The van der Waals surface area contributed by atoms with Gasteiger partial charge in [-0.25, -0.2) is 4.68 Å². The van der Waals surface area contributed by atoms with Gasteiger partial charge in [0, 0.05) is 5.56 Å². The zero-order valence-electron chi connectivity index (χ0n) is 9.99. The molecule has 1 aromatic heterocycles. The maximum absolute atomic E-state index is 11.2. The number of halogens is 1. The highest BCUT2D eigenvalue weighted by Gasteiger charge is 2.10. The van der Waals surface area contributed by atoms with Crippen LogP contribution in [0.5, 0.6) is 0 Å². The van der Waals surface area contributed by atoms with Crippen LogP contribution in [0, 0.1) is 13.8 Å². The van der Waals surface area contributed by atoms with Gasteiger partial charge in [0.25, 0.3) is 0 Å². The van der Waals surface area contributed by atoms with Gasteiger partial charge in [0.1, 0.15) is 0 Å². The molecule has 17 heavy (non-hydrogen) atoms. The molecule has 0 saturated carbocycles. The minimum Gasteiger partial charge on any atom is -0.295 e. The van der Waals surface area contributed by atoms with Crippen molar-refractivity contribution in [3.63, 3.8) is 0 Å². The molecule has 0 fully saturated rings. The molecule has 0 amide bonds. The molecule has 0 N–H and O–H groups in total. The summed E-state index contributed by atoms with van der Waals surface area (Å²) in [6, 6.07) is 7.32. The van der Waals surface area contributed by atoms with Crippen molar-refractivity contribution in [1.82, 2.24) is 9.78 Å². The summed E-state index contributed by atoms with van der Waals surface area (Å²) in [5, 5.41) is 5.04. The monoisotopic (exact) mass is 248 g/mol. The molecule has 0 aliphatic rings. The summed E-state index contributed by atoms with van der Waals surface area (Å²) >= 11 is 6.09. The van der Waals surface area contributed by atoms with Crippen molar-refractivity contribution in [2.24, 2.45) is 0 Å². The molecule has 2 rings (SSSR count). The van der Waals surface area contributed by atoms with E-state index >= 15 is 0 Å². The van der Waals surface area contributed by atoms with E-state index in [9.17, 15) is 4.79 Å². The number of nitrogens with zero attached hydrogens (tertiary/aromatic N) is 2. The van der Waals surface area contributed by atoms with E-state index in [0.717, 1.165) is 17.1 Å². The van der Waals surface area contributed by atoms with Crippen LogP contribution in [-0.4, -0.2) is 15.6 Å². The minimum absolute atomic E-state index is 0.0583. The van der Waals surface area contributed by atoms with Crippen molar-refractivity contribution in [3.05, 3.63) is 46.2 Å². The molecule has 0 saturated heterocycles. The lowest BCUT2D eigenvalue weighted by Crippen LogP contribution is -2.00. The Balaban J connectivity index is 2.47. The fourth-order valence-electron chi connectivity index (χ4n) is 1.71. The van der Waals surface area contributed by atoms with Crippen LogP contribution >= 0.6 is 11.6 Å². The summed E-state index contributed by atoms with van der Waals surface area (Å²) in [6.45, 7) is 5.34. The first kappa shape index (κ1) is 11.9. The van der Waals surface area contributed by atoms with Crippen LogP contribution in [-0.2, 0) is 0 Å². The Kier molecular flexibility index (Phi) is 3.03. The predicted molar refractivity (Wildman–Crippen MR) is 68.1 cm³/mol. The summed E-state index contributed by atoms with van der Waals surface area (Å²) in [5.41, 5.74) is 3.31. The highest BCUT2D eigenvalue weighted by Crippen LogP contribution is 2.22. The lowest BCUT2D eigenvalue weighted by atomic mass is 10.1. The Hall–Kier alpha value is -1.61. The third-order valence-electron chi connectivity index (χ3n) is 2.72. The first-order chi connectivity index (χ1) is 8.00. The number of Topliss-reactive ketones (excluding diaryl/α,β-unsaturated/α-hetero) is 1. The van der Waals surface area contributed by atoms with E-state index in [0.29, 0.717) is 10.6 Å². The Morgan fingerprint density at radius 1 is 1.24 bits per heavy atom. The van der Waals surface area contributed by atoms with E-state index < -0.39 is 0 Å². The Morgan fingerprint density at radius 3 is 2.24 bits per heavy atom. The van der Waals surface area contributed by atoms with Gasteiger partial charge in [-0.1, -0.05) is 11.6 Å². The van der Waals surface area contributed by atoms with E-state index in [2.05, 4.69) is 5.10 Å². The van der Waals surface area contributed by atoms with Crippen molar-refractivity contribution in [1.29, 1.82) is 0 Å². The van der Waals surface area contributed by atoms with Gasteiger partial charge in [-0.2, -0.15) is 5.10 Å². The van der Waals surface area contributed by atoms with E-state index in [1.165, 1.54) is 0 Å². The first-order valence-electron chi connectivity index (χ1n) is 5.34. The zero-order chi connectivity index (χ0) is 12.6. The van der Waals surface area contributed by atoms with E-state index in [4.69, 9.17) is 11.6 Å². The molecule has 0 spiro atoms. The van der Waals surface area contributed by atoms with Gasteiger partial charge >= 0.3 is 0 Å². The van der Waals surface area contributed by atoms with E-state index in [-0.39, 0.29) is 5.78 Å². The second-order valence-corrected chi connectivity index (χ2v) is 4.38. The van der Waals surface area contributed by atoms with Crippen LogP contribution in [0.3, 0.4) is 0 Å². The smallest absolute Gasteiger partial charge is 0.159 e. The number of carbonyl (C=O) groups excluding carboxylic acids is 1. The highest BCUT2D eigenvalue weighted by molar-refractivity contribution is 6.31. The first-order valence-corrected chi connectivity index (χ1v) is 5.71. The third kappa shape index (κ3) is 2.11. The summed E-state index contributed by atoms with van der Waals surface area (Å²) in [6.07, 6.45) is 0. The summed E-state index contributed by atoms with van der Waals surface area (Å²) in [5.74, 6) is 0.0583. The molecule has 4 heteroatoms. The van der Waals surface area contributed by atoms with Crippen molar-refractivity contribution in [3.8, 4) is 5.69 Å². The van der Waals surface area contributed by atoms with Crippen molar-refractivity contribution in [2.45, 2.75) is 20.8 Å². The Labute approximate surface area is 105 Å². The maximum atomic E-state index is 11.2. The molecule has 0 aliphatic carbocycles. The van der Waals surface area contributed by atoms with Crippen LogP contribution in [0.1, 0.15) is 28.7 Å². The summed E-state index contributed by atoms with van der Waals surface area (Å²) < 4.78 is 1.78. The number of benzene rings is 1. The number of rotatable bonds is 2. The van der Waals surface area contributed by atoms with E-state index in [1.807, 2.05) is 26.0 Å². The van der Waals surface area contributed by atoms with Gasteiger partial charge in [0.15, 0.2) is 5.78 Å². The molecule has 0 aliphatic heterocycles. The quantitative estimate of drug-likeness (QED) is 0.764. The summed E-state index contributed by atoms with van der Waals surface area (Å²) in [7, 11) is 0. The topological polar surface area (TPSA) is 34.9 Å². The van der Waals surface area contributed by atoms with E-state index in [1.54, 1.807) is 23.7 Å². The molecule has 0 unspecified atom stereocenters. The number of carbonyl (C=O) groups is 1. The van der Waals surface area contributed by atoms with Crippen LogP contribution in [0.15, 0.2) is 24.3 Å². The largest absolute Gasteiger partial charge is 0.295 e. The van der Waals surface area contributed by atoms with Crippen molar-refractivity contribution in [2.75, 3.05) is 0 Å². The molecular formula is C13H13ClN2O. The second-order valence-electron chi connectivity index (χ2n) is 4.00. The average Bonchev–Trinajstić information content (AvgIpc) is 2.57. The Morgan fingerprint density at radius 2 is 1.82 bits per heavy atom. The fraction of sp³-hybridized carbons (Fsp3) is 0.231. The molecule has 0 bridgehead atoms. The van der Waals surface area contributed by atoms with Gasteiger partial charge < -0.3 is 0 Å². The van der Waals surface area contributed by atoms with Crippen molar-refractivity contribution >= 4 is 17.4 Å². The number of aromatic nitrogens is 2. The second kappa shape index (κ2) is 4.34. The van der Waals surface area contributed by atoms with Gasteiger partial charge in [0.2, 0.25) is 0 Å². The molecule has 1 aromatic carbocycles. The lowest BCUT2D eigenvalue weighted by Gasteiger charge is -2.04. The summed E-state index contributed by atoms with van der Waals surface area (Å²) in [4.78, 5) is 11.2. The SMILES string of the molecule is CC(=O)c1ccc(-n2nc(C)c(Cl)c2C)cc1. The minimum atomic E-state index is 0.0583.